The van der Waals surface area contributed by atoms with E-state index in [4.69, 9.17) is 15.2 Å². The molecule has 2 atom stereocenters. The molecule has 4 rings (SSSR count). The van der Waals surface area contributed by atoms with E-state index in [2.05, 4.69) is 21.3 Å². The molecule has 6 N–H and O–H groups in total. The van der Waals surface area contributed by atoms with Crippen molar-refractivity contribution in [2.45, 2.75) is 56.7 Å². The van der Waals surface area contributed by atoms with E-state index in [-0.39, 0.29) is 51.5 Å². The van der Waals surface area contributed by atoms with Crippen LogP contribution in [0.2, 0.25) is 0 Å². The quantitative estimate of drug-likeness (QED) is 0.0716. The molecule has 0 bridgehead atoms. The van der Waals surface area contributed by atoms with Crippen LogP contribution in [0.4, 0.5) is 4.79 Å². The summed E-state index contributed by atoms with van der Waals surface area (Å²) in [5, 5.41) is 10.1. The molecular formula is C37H43N5O8. The first-order valence-electron chi connectivity index (χ1n) is 16.6. The smallest absolute Gasteiger partial charge is 0.407 e. The van der Waals surface area contributed by atoms with Crippen LogP contribution in [0.3, 0.4) is 0 Å². The molecule has 0 saturated carbocycles. The van der Waals surface area contributed by atoms with Crippen molar-refractivity contribution in [1.82, 2.24) is 21.3 Å². The Hall–Kier alpha value is -5.56. The van der Waals surface area contributed by atoms with Crippen molar-refractivity contribution in [3.05, 3.63) is 95.6 Å². The summed E-state index contributed by atoms with van der Waals surface area (Å²) >= 11 is 0. The van der Waals surface area contributed by atoms with Gasteiger partial charge in [0.05, 0.1) is 6.54 Å². The fraction of sp³-hybridized carbons (Fsp3) is 0.351. The zero-order chi connectivity index (χ0) is 35.7. The normalized spacial score (nSPS) is 12.7. The largest absolute Gasteiger partial charge is 0.460 e. The lowest BCUT2D eigenvalue weighted by Crippen LogP contribution is -2.54. The van der Waals surface area contributed by atoms with Crippen LogP contribution < -0.4 is 27.0 Å². The van der Waals surface area contributed by atoms with Gasteiger partial charge in [-0.1, -0.05) is 78.9 Å². The lowest BCUT2D eigenvalue weighted by atomic mass is 9.98. The van der Waals surface area contributed by atoms with Crippen LogP contribution in [-0.2, 0) is 40.1 Å². The lowest BCUT2D eigenvalue weighted by molar-refractivity contribution is -0.145. The van der Waals surface area contributed by atoms with Crippen molar-refractivity contribution in [2.75, 3.05) is 26.2 Å². The van der Waals surface area contributed by atoms with Gasteiger partial charge in [-0.25, -0.2) is 4.79 Å². The van der Waals surface area contributed by atoms with Crippen LogP contribution in [0.1, 0.15) is 54.7 Å². The average Bonchev–Trinajstić information content (AvgIpc) is 3.46. The van der Waals surface area contributed by atoms with E-state index >= 15 is 0 Å². The molecule has 13 nitrogen and oxygen atoms in total. The summed E-state index contributed by atoms with van der Waals surface area (Å²) in [6.45, 7) is -0.208. The second-order valence-electron chi connectivity index (χ2n) is 11.7. The van der Waals surface area contributed by atoms with E-state index < -0.39 is 41.9 Å². The number of carbonyl (C=O) groups excluding carboxylic acids is 6. The second kappa shape index (κ2) is 19.4. The van der Waals surface area contributed by atoms with E-state index in [0.717, 1.165) is 27.8 Å². The number of fused-ring (bicyclic) bond motifs is 3. The number of benzene rings is 3. The number of rotatable bonds is 19. The standard InChI is InChI=1S/C37H43N5O8/c38-19-9-8-16-31(42-37(48)50-24-30-28-14-6-4-12-26(28)27-13-5-7-15-29(27)30)36(47)41-32(35(46)39-20-21-43)17-18-33(44)40-22-34(45)49-23-25-10-2-1-3-11-25/h1-7,10-15,21,30-32H,8-9,16-20,22-24,38H2,(H,39,46)(H,40,44)(H,41,47)(H,42,48). The molecule has 13 heteroatoms. The van der Waals surface area contributed by atoms with E-state index in [9.17, 15) is 28.8 Å². The summed E-state index contributed by atoms with van der Waals surface area (Å²) in [6.07, 6.45) is 0.599. The molecule has 0 aliphatic heterocycles. The van der Waals surface area contributed by atoms with E-state index in [1.807, 2.05) is 66.7 Å². The highest BCUT2D eigenvalue weighted by Gasteiger charge is 2.31. The maximum atomic E-state index is 13.5. The van der Waals surface area contributed by atoms with Gasteiger partial charge in [0.1, 0.15) is 38.1 Å². The first-order valence-corrected chi connectivity index (χ1v) is 16.6. The van der Waals surface area contributed by atoms with Crippen LogP contribution in [-0.4, -0.2) is 74.4 Å². The third-order valence-corrected chi connectivity index (χ3v) is 8.22. The molecule has 0 radical (unpaired) electrons. The molecule has 1 aliphatic rings. The number of nitrogens with two attached hydrogens (primary N) is 1. The van der Waals surface area contributed by atoms with Crippen LogP contribution in [0.5, 0.6) is 0 Å². The highest BCUT2D eigenvalue weighted by atomic mass is 16.5. The van der Waals surface area contributed by atoms with Gasteiger partial charge in [-0.3, -0.25) is 19.2 Å². The average molecular weight is 686 g/mol. The number of aldehydes is 1. The summed E-state index contributed by atoms with van der Waals surface area (Å²) < 4.78 is 10.8. The number of unbranched alkanes of at least 4 members (excludes halogenated alkanes) is 1. The molecular weight excluding hydrogens is 642 g/mol. The van der Waals surface area contributed by atoms with Gasteiger partial charge in [-0.2, -0.15) is 0 Å². The fourth-order valence-electron chi connectivity index (χ4n) is 5.67. The Morgan fingerprint density at radius 2 is 1.38 bits per heavy atom. The highest BCUT2D eigenvalue weighted by Crippen LogP contribution is 2.44. The summed E-state index contributed by atoms with van der Waals surface area (Å²) in [4.78, 5) is 74.9. The van der Waals surface area contributed by atoms with Crippen molar-refractivity contribution in [2.24, 2.45) is 5.73 Å². The third kappa shape index (κ3) is 11.0. The van der Waals surface area contributed by atoms with Crippen molar-refractivity contribution in [3.8, 4) is 11.1 Å². The van der Waals surface area contributed by atoms with Crippen molar-refractivity contribution in [3.63, 3.8) is 0 Å². The predicted molar refractivity (Wildman–Crippen MR) is 184 cm³/mol. The molecule has 0 aromatic heterocycles. The first-order chi connectivity index (χ1) is 24.3. The SMILES string of the molecule is NCCCCC(NC(=O)OCC1c2ccccc2-c2ccccc21)C(=O)NC(CCC(=O)NCC(=O)OCc1ccccc1)C(=O)NCC=O. The Morgan fingerprint density at radius 3 is 2.04 bits per heavy atom. The van der Waals surface area contributed by atoms with Crippen LogP contribution in [0, 0.1) is 0 Å². The van der Waals surface area contributed by atoms with Crippen molar-refractivity contribution in [1.29, 1.82) is 0 Å². The van der Waals surface area contributed by atoms with Gasteiger partial charge in [-0.05, 0) is 60.0 Å². The number of amides is 4. The Balaban J connectivity index is 1.33. The van der Waals surface area contributed by atoms with Gasteiger partial charge >= 0.3 is 12.1 Å². The third-order valence-electron chi connectivity index (χ3n) is 8.22. The molecule has 0 spiro atoms. The molecule has 50 heavy (non-hydrogen) atoms. The number of esters is 1. The minimum absolute atomic E-state index is 0.0443. The predicted octanol–water partition coefficient (Wildman–Crippen LogP) is 2.46. The lowest BCUT2D eigenvalue weighted by Gasteiger charge is -2.23. The van der Waals surface area contributed by atoms with Gasteiger partial charge in [0.2, 0.25) is 17.7 Å². The number of alkyl carbamates (subject to hydrolysis) is 1. The van der Waals surface area contributed by atoms with Gasteiger partial charge in [-0.15, -0.1) is 0 Å². The first kappa shape index (κ1) is 37.3. The number of ether oxygens (including phenoxy) is 2. The van der Waals surface area contributed by atoms with Crippen LogP contribution in [0.15, 0.2) is 78.9 Å². The van der Waals surface area contributed by atoms with E-state index in [1.165, 1.54) is 0 Å². The monoisotopic (exact) mass is 685 g/mol. The molecule has 264 valence electrons. The molecule has 4 amide bonds. The summed E-state index contributed by atoms with van der Waals surface area (Å²) in [5.41, 5.74) is 10.7. The Morgan fingerprint density at radius 1 is 0.740 bits per heavy atom. The molecule has 3 aromatic rings. The number of hydrogen-bond acceptors (Lipinski definition) is 9. The Bertz CT molecular complexity index is 1590. The van der Waals surface area contributed by atoms with Gasteiger partial charge in [0.25, 0.3) is 0 Å². The molecule has 0 saturated heterocycles. The fourth-order valence-corrected chi connectivity index (χ4v) is 5.67. The van der Waals surface area contributed by atoms with Gasteiger partial charge < -0.3 is 41.3 Å². The van der Waals surface area contributed by atoms with Gasteiger partial charge in [0.15, 0.2) is 0 Å². The molecule has 2 unspecified atom stereocenters. The zero-order valence-electron chi connectivity index (χ0n) is 27.7. The molecule has 0 fully saturated rings. The van der Waals surface area contributed by atoms with Crippen LogP contribution >= 0.6 is 0 Å². The van der Waals surface area contributed by atoms with Crippen LogP contribution in [0.25, 0.3) is 11.1 Å². The van der Waals surface area contributed by atoms with Gasteiger partial charge in [0, 0.05) is 12.3 Å². The number of hydrogen-bond donors (Lipinski definition) is 5. The summed E-state index contributed by atoms with van der Waals surface area (Å²) in [7, 11) is 0. The number of nitrogens with one attached hydrogen (secondary N) is 4. The van der Waals surface area contributed by atoms with E-state index in [0.29, 0.717) is 25.7 Å². The minimum atomic E-state index is -1.22. The molecule has 1 aliphatic carbocycles. The maximum Gasteiger partial charge on any atom is 0.407 e. The number of carbonyl (C=O) groups is 6. The van der Waals surface area contributed by atoms with Crippen molar-refractivity contribution >= 4 is 36.1 Å². The second-order valence-corrected chi connectivity index (χ2v) is 11.7. The molecule has 3 aromatic carbocycles. The highest BCUT2D eigenvalue weighted by molar-refractivity contribution is 5.92. The summed E-state index contributed by atoms with van der Waals surface area (Å²) in [6, 6.07) is 22.6. The van der Waals surface area contributed by atoms with Crippen molar-refractivity contribution < 1.29 is 38.2 Å². The topological polar surface area (TPSA) is 195 Å². The molecule has 0 heterocycles. The minimum Gasteiger partial charge on any atom is -0.460 e. The Kier molecular flexibility index (Phi) is 14.5. The van der Waals surface area contributed by atoms with E-state index in [1.54, 1.807) is 12.1 Å². The zero-order valence-corrected chi connectivity index (χ0v) is 27.7. The summed E-state index contributed by atoms with van der Waals surface area (Å²) in [5.74, 6) is -2.75. The maximum absolute atomic E-state index is 13.5. The Labute approximate surface area is 290 Å².